The summed E-state index contributed by atoms with van der Waals surface area (Å²) in [6, 6.07) is 32.5. The van der Waals surface area contributed by atoms with Crippen LogP contribution in [0.1, 0.15) is 126 Å². The molecule has 4 aromatic carbocycles. The van der Waals surface area contributed by atoms with Crippen LogP contribution in [0.5, 0.6) is 0 Å². The molecule has 0 atom stereocenters. The highest BCUT2D eigenvalue weighted by atomic mass is 14.5. The second kappa shape index (κ2) is 16.1. The van der Waals surface area contributed by atoms with Gasteiger partial charge in [0.05, 0.1) is 0 Å². The molecule has 4 aromatic rings. The number of hydrogen-bond donors (Lipinski definition) is 0. The van der Waals surface area contributed by atoms with Crippen LogP contribution in [0.15, 0.2) is 98.1 Å². The first-order valence-corrected chi connectivity index (χ1v) is 17.9. The molecule has 1 aliphatic carbocycles. The Hall–Kier alpha value is -3.64. The van der Waals surface area contributed by atoms with Crippen LogP contribution in [0.4, 0.5) is 0 Å². The fraction of sp³-hybridized carbons (Fsp3) is 0.378. The molecule has 234 valence electrons. The van der Waals surface area contributed by atoms with Crippen molar-refractivity contribution in [3.8, 4) is 33.4 Å². The second-order valence-electron chi connectivity index (χ2n) is 13.3. The molecule has 0 spiro atoms. The molecule has 0 saturated carbocycles. The van der Waals surface area contributed by atoms with E-state index in [1.165, 1.54) is 134 Å². The monoisotopic (exact) mass is 594 g/mol. The van der Waals surface area contributed by atoms with Crippen LogP contribution in [-0.2, 0) is 5.41 Å². The van der Waals surface area contributed by atoms with Gasteiger partial charge < -0.3 is 0 Å². The van der Waals surface area contributed by atoms with Crippen molar-refractivity contribution in [1.29, 1.82) is 0 Å². The summed E-state index contributed by atoms with van der Waals surface area (Å²) < 4.78 is 0. The summed E-state index contributed by atoms with van der Waals surface area (Å²) in [5.74, 6) is 0. The van der Waals surface area contributed by atoms with Crippen LogP contribution in [0.3, 0.4) is 0 Å². The lowest BCUT2D eigenvalue weighted by atomic mass is 9.70. The lowest BCUT2D eigenvalue weighted by Gasteiger charge is -2.33. The molecule has 0 bridgehead atoms. The molecule has 1 aliphatic rings. The van der Waals surface area contributed by atoms with E-state index < -0.39 is 0 Å². The summed E-state index contributed by atoms with van der Waals surface area (Å²) in [4.78, 5) is 0. The van der Waals surface area contributed by atoms with Crippen LogP contribution in [0.2, 0.25) is 0 Å². The number of hydrogen-bond acceptors (Lipinski definition) is 0. The Morgan fingerprint density at radius 1 is 0.444 bits per heavy atom. The van der Waals surface area contributed by atoms with Crippen molar-refractivity contribution in [2.45, 2.75) is 109 Å². The molecule has 0 amide bonds. The van der Waals surface area contributed by atoms with Gasteiger partial charge in [0.2, 0.25) is 0 Å². The minimum Gasteiger partial charge on any atom is -0.0985 e. The molecule has 0 fully saturated rings. The lowest BCUT2D eigenvalue weighted by Crippen LogP contribution is -2.25. The Balaban J connectivity index is 1.57. The quantitative estimate of drug-likeness (QED) is 0.101. The number of rotatable bonds is 18. The predicted octanol–water partition coefficient (Wildman–Crippen LogP) is 14.1. The zero-order valence-corrected chi connectivity index (χ0v) is 28.1. The summed E-state index contributed by atoms with van der Waals surface area (Å²) in [6.45, 7) is 12.5. The van der Waals surface area contributed by atoms with E-state index in [9.17, 15) is 0 Å². The standard InChI is InChI=1S/C45H54/c1-5-9-11-13-15-17-31-45(32-18-16-14-12-10-6-2)43-33-39(37-23-19-35(7-3)20-24-37)27-29-41(43)42-30-28-40(34-44(42)45)38-25-21-36(8-4)22-26-38/h7-8,19-30,33-34H,3-6,9-18,31-32H2,1-2H3. The normalized spacial score (nSPS) is 12.9. The molecule has 0 saturated heterocycles. The minimum absolute atomic E-state index is 0.0499. The highest BCUT2D eigenvalue weighted by molar-refractivity contribution is 5.86. The van der Waals surface area contributed by atoms with Gasteiger partial charge in [0.15, 0.2) is 0 Å². The third kappa shape index (κ3) is 7.61. The van der Waals surface area contributed by atoms with Gasteiger partial charge in [-0.2, -0.15) is 0 Å². The molecule has 5 rings (SSSR count). The average Bonchev–Trinajstić information content (AvgIpc) is 3.36. The molecule has 0 radical (unpaired) electrons. The lowest BCUT2D eigenvalue weighted by molar-refractivity contribution is 0.398. The second-order valence-corrected chi connectivity index (χ2v) is 13.3. The fourth-order valence-electron chi connectivity index (χ4n) is 7.56. The van der Waals surface area contributed by atoms with E-state index in [0.717, 1.165) is 0 Å². The van der Waals surface area contributed by atoms with Crippen LogP contribution in [0, 0.1) is 0 Å². The summed E-state index contributed by atoms with van der Waals surface area (Å²) >= 11 is 0. The van der Waals surface area contributed by atoms with Gasteiger partial charge in [0.25, 0.3) is 0 Å². The minimum atomic E-state index is 0.0499. The molecule has 0 nitrogen and oxygen atoms in total. The zero-order valence-electron chi connectivity index (χ0n) is 28.1. The molecule has 0 heterocycles. The summed E-state index contributed by atoms with van der Waals surface area (Å²) in [6.07, 6.45) is 22.3. The van der Waals surface area contributed by atoms with Crippen molar-refractivity contribution in [2.24, 2.45) is 0 Å². The highest BCUT2D eigenvalue weighted by Crippen LogP contribution is 2.55. The topological polar surface area (TPSA) is 0 Å². The van der Waals surface area contributed by atoms with Gasteiger partial charge >= 0.3 is 0 Å². The van der Waals surface area contributed by atoms with E-state index in [-0.39, 0.29) is 5.41 Å². The molecule has 0 aliphatic heterocycles. The van der Waals surface area contributed by atoms with E-state index in [1.54, 1.807) is 11.1 Å². The molecular formula is C45H54. The Morgan fingerprint density at radius 2 is 0.800 bits per heavy atom. The van der Waals surface area contributed by atoms with E-state index >= 15 is 0 Å². The summed E-state index contributed by atoms with van der Waals surface area (Å²) in [7, 11) is 0. The van der Waals surface area contributed by atoms with Gasteiger partial charge in [0.1, 0.15) is 0 Å². The third-order valence-corrected chi connectivity index (χ3v) is 10.2. The molecule has 0 unspecified atom stereocenters. The Morgan fingerprint density at radius 3 is 1.18 bits per heavy atom. The van der Waals surface area contributed by atoms with Crippen molar-refractivity contribution < 1.29 is 0 Å². The Bertz CT molecular complexity index is 1410. The number of benzene rings is 4. The predicted molar refractivity (Wildman–Crippen MR) is 200 cm³/mol. The summed E-state index contributed by atoms with van der Waals surface area (Å²) in [5, 5.41) is 0. The van der Waals surface area contributed by atoms with Gasteiger partial charge in [0, 0.05) is 5.41 Å². The maximum atomic E-state index is 3.96. The first-order chi connectivity index (χ1) is 22.1. The van der Waals surface area contributed by atoms with Gasteiger partial charge in [-0.15, -0.1) is 0 Å². The van der Waals surface area contributed by atoms with Crippen LogP contribution in [-0.4, -0.2) is 0 Å². The van der Waals surface area contributed by atoms with Gasteiger partial charge in [-0.05, 0) is 80.6 Å². The van der Waals surface area contributed by atoms with Crippen LogP contribution >= 0.6 is 0 Å². The molecule has 0 N–H and O–H groups in total. The molecule has 0 heteroatoms. The largest absolute Gasteiger partial charge is 0.0985 e. The molecule has 0 aromatic heterocycles. The van der Waals surface area contributed by atoms with Gasteiger partial charge in [-0.25, -0.2) is 0 Å². The van der Waals surface area contributed by atoms with Crippen LogP contribution < -0.4 is 0 Å². The third-order valence-electron chi connectivity index (χ3n) is 10.2. The van der Waals surface area contributed by atoms with Crippen molar-refractivity contribution in [1.82, 2.24) is 0 Å². The zero-order chi connectivity index (χ0) is 31.5. The van der Waals surface area contributed by atoms with E-state index in [4.69, 9.17) is 0 Å². The maximum Gasteiger partial charge on any atom is 0.0215 e. The van der Waals surface area contributed by atoms with Crippen molar-refractivity contribution in [3.05, 3.63) is 120 Å². The van der Waals surface area contributed by atoms with Crippen LogP contribution in [0.25, 0.3) is 45.5 Å². The van der Waals surface area contributed by atoms with Gasteiger partial charge in [-0.1, -0.05) is 189 Å². The number of unbranched alkanes of at least 4 members (excludes halogenated alkanes) is 10. The number of fused-ring (bicyclic) bond motifs is 3. The van der Waals surface area contributed by atoms with E-state index in [0.29, 0.717) is 0 Å². The maximum absolute atomic E-state index is 3.96. The first kappa shape index (κ1) is 32.7. The van der Waals surface area contributed by atoms with Crippen molar-refractivity contribution >= 4 is 12.2 Å². The Kier molecular flexibility index (Phi) is 11.7. The SMILES string of the molecule is C=Cc1ccc(-c2ccc3c(c2)C(CCCCCCCC)(CCCCCCCC)c2cc(-c4ccc(C=C)cc4)ccc2-3)cc1. The van der Waals surface area contributed by atoms with Crippen molar-refractivity contribution in [3.63, 3.8) is 0 Å². The van der Waals surface area contributed by atoms with E-state index in [1.807, 2.05) is 12.2 Å². The smallest absolute Gasteiger partial charge is 0.0215 e. The van der Waals surface area contributed by atoms with Gasteiger partial charge in [-0.3, -0.25) is 0 Å². The molecule has 45 heavy (non-hydrogen) atoms. The molecular weight excluding hydrogens is 540 g/mol. The average molecular weight is 595 g/mol. The highest BCUT2D eigenvalue weighted by Gasteiger charge is 2.42. The first-order valence-electron chi connectivity index (χ1n) is 17.9. The Labute approximate surface area is 274 Å². The van der Waals surface area contributed by atoms with E-state index in [2.05, 4.69) is 112 Å². The van der Waals surface area contributed by atoms with Crippen molar-refractivity contribution in [2.75, 3.05) is 0 Å². The fourth-order valence-corrected chi connectivity index (χ4v) is 7.56. The summed E-state index contributed by atoms with van der Waals surface area (Å²) in [5.41, 5.74) is 13.6.